The molecular formula is C24H22N4O2S. The summed E-state index contributed by atoms with van der Waals surface area (Å²) in [6.07, 6.45) is 2.03. The van der Waals surface area contributed by atoms with Crippen LogP contribution in [-0.2, 0) is 6.54 Å². The molecule has 4 aromatic rings. The Hall–Kier alpha value is -3.45. The number of carbonyl (C=O) groups excluding carboxylic acids is 1. The molecule has 1 amide bonds. The van der Waals surface area contributed by atoms with E-state index in [1.54, 1.807) is 23.1 Å². The van der Waals surface area contributed by atoms with Gasteiger partial charge in [0.2, 0.25) is 5.82 Å². The number of hydrogen-bond acceptors (Lipinski definition) is 5. The van der Waals surface area contributed by atoms with Crippen LogP contribution in [0.1, 0.15) is 29.0 Å². The first-order valence-corrected chi connectivity index (χ1v) is 11.1. The van der Waals surface area contributed by atoms with E-state index < -0.39 is 0 Å². The Morgan fingerprint density at radius 1 is 1.10 bits per heavy atom. The summed E-state index contributed by atoms with van der Waals surface area (Å²) in [5.41, 5.74) is 1.94. The van der Waals surface area contributed by atoms with Crippen molar-refractivity contribution in [2.45, 2.75) is 25.4 Å². The van der Waals surface area contributed by atoms with E-state index in [1.807, 2.05) is 77.0 Å². The van der Waals surface area contributed by atoms with Crippen LogP contribution in [0.15, 0.2) is 72.1 Å². The highest BCUT2D eigenvalue weighted by Gasteiger charge is 2.35. The molecule has 1 aliphatic rings. The lowest BCUT2D eigenvalue weighted by Gasteiger charge is -2.21. The van der Waals surface area contributed by atoms with E-state index in [1.165, 1.54) is 0 Å². The summed E-state index contributed by atoms with van der Waals surface area (Å²) in [4.78, 5) is 21.0. The molecule has 0 spiro atoms. The normalized spacial score (nSPS) is 13.2. The Kier molecular flexibility index (Phi) is 5.26. The van der Waals surface area contributed by atoms with Crippen molar-refractivity contribution in [3.8, 4) is 22.1 Å². The van der Waals surface area contributed by atoms with E-state index in [4.69, 9.17) is 4.74 Å². The number of rotatable bonds is 7. The standard InChI is InChI=1S/C24H22N4O2S/c1-30-20-13-9-17(10-14-20)16-27(18-11-12-18)24(29)22-25-23(21-8-5-15-31-21)28(26-22)19-6-3-2-4-7-19/h2-10,13-15,18H,11-12,16H2,1H3. The molecule has 0 unspecified atom stereocenters. The molecule has 0 atom stereocenters. The predicted molar refractivity (Wildman–Crippen MR) is 121 cm³/mol. The van der Waals surface area contributed by atoms with Crippen LogP contribution < -0.4 is 4.74 Å². The van der Waals surface area contributed by atoms with Crippen LogP contribution in [-0.4, -0.2) is 38.7 Å². The van der Waals surface area contributed by atoms with Crippen molar-refractivity contribution in [3.63, 3.8) is 0 Å². The van der Waals surface area contributed by atoms with Crippen LogP contribution in [0.3, 0.4) is 0 Å². The van der Waals surface area contributed by atoms with Crippen molar-refractivity contribution >= 4 is 17.2 Å². The Morgan fingerprint density at radius 3 is 2.52 bits per heavy atom. The zero-order chi connectivity index (χ0) is 21.2. The van der Waals surface area contributed by atoms with Gasteiger partial charge in [0.15, 0.2) is 5.82 Å². The third-order valence-corrected chi connectivity index (χ3v) is 6.17. The fraction of sp³-hybridized carbons (Fsp3) is 0.208. The molecule has 0 aliphatic heterocycles. The van der Waals surface area contributed by atoms with Gasteiger partial charge in [-0.1, -0.05) is 36.4 Å². The Balaban J connectivity index is 1.48. The van der Waals surface area contributed by atoms with Crippen molar-refractivity contribution < 1.29 is 9.53 Å². The molecule has 2 aromatic carbocycles. The summed E-state index contributed by atoms with van der Waals surface area (Å²) in [6.45, 7) is 0.529. The summed E-state index contributed by atoms with van der Waals surface area (Å²) in [5, 5.41) is 6.64. The van der Waals surface area contributed by atoms with Crippen LogP contribution in [0.4, 0.5) is 0 Å². The van der Waals surface area contributed by atoms with Gasteiger partial charge in [0, 0.05) is 12.6 Å². The van der Waals surface area contributed by atoms with E-state index in [-0.39, 0.29) is 17.8 Å². The van der Waals surface area contributed by atoms with Gasteiger partial charge in [0.1, 0.15) is 5.75 Å². The molecule has 0 saturated heterocycles. The Bertz CT molecular complexity index is 1170. The number of para-hydroxylation sites is 1. The fourth-order valence-corrected chi connectivity index (χ4v) is 4.22. The first kappa shape index (κ1) is 19.5. The molecule has 0 bridgehead atoms. The highest BCUT2D eigenvalue weighted by molar-refractivity contribution is 7.13. The maximum atomic E-state index is 13.5. The SMILES string of the molecule is COc1ccc(CN(C(=O)c2nc(-c3cccs3)n(-c3ccccc3)n2)C2CC2)cc1. The average molecular weight is 431 g/mol. The molecule has 0 radical (unpaired) electrons. The second kappa shape index (κ2) is 8.35. The second-order valence-electron chi connectivity index (χ2n) is 7.50. The van der Waals surface area contributed by atoms with Crippen LogP contribution in [0.5, 0.6) is 5.75 Å². The number of nitrogens with zero attached hydrogens (tertiary/aromatic N) is 4. The van der Waals surface area contributed by atoms with Gasteiger partial charge < -0.3 is 9.64 Å². The molecular weight excluding hydrogens is 408 g/mol. The summed E-state index contributed by atoms with van der Waals surface area (Å²) < 4.78 is 7.00. The van der Waals surface area contributed by atoms with Crippen molar-refractivity contribution in [2.75, 3.05) is 7.11 Å². The number of methoxy groups -OCH3 is 1. The second-order valence-corrected chi connectivity index (χ2v) is 8.44. The minimum absolute atomic E-state index is 0.134. The smallest absolute Gasteiger partial charge is 0.294 e. The molecule has 31 heavy (non-hydrogen) atoms. The van der Waals surface area contributed by atoms with Gasteiger partial charge in [-0.05, 0) is 54.1 Å². The van der Waals surface area contributed by atoms with Gasteiger partial charge in [-0.2, -0.15) is 0 Å². The maximum absolute atomic E-state index is 13.5. The molecule has 156 valence electrons. The molecule has 2 aromatic heterocycles. The molecule has 1 fully saturated rings. The number of carbonyl (C=O) groups is 1. The molecule has 0 N–H and O–H groups in total. The molecule has 1 saturated carbocycles. The van der Waals surface area contributed by atoms with Crippen molar-refractivity contribution in [2.24, 2.45) is 0 Å². The van der Waals surface area contributed by atoms with E-state index >= 15 is 0 Å². The lowest BCUT2D eigenvalue weighted by atomic mass is 10.2. The summed E-state index contributed by atoms with van der Waals surface area (Å²) in [7, 11) is 1.65. The minimum atomic E-state index is -0.134. The molecule has 2 heterocycles. The topological polar surface area (TPSA) is 60.2 Å². The highest BCUT2D eigenvalue weighted by atomic mass is 32.1. The zero-order valence-corrected chi connectivity index (χ0v) is 18.0. The zero-order valence-electron chi connectivity index (χ0n) is 17.1. The molecule has 1 aliphatic carbocycles. The predicted octanol–water partition coefficient (Wildman–Crippen LogP) is 4.81. The number of aromatic nitrogens is 3. The van der Waals surface area contributed by atoms with Gasteiger partial charge >= 0.3 is 0 Å². The largest absolute Gasteiger partial charge is 0.497 e. The van der Waals surface area contributed by atoms with Gasteiger partial charge in [-0.25, -0.2) is 9.67 Å². The third kappa shape index (κ3) is 4.09. The number of hydrogen-bond donors (Lipinski definition) is 0. The summed E-state index contributed by atoms with van der Waals surface area (Å²) in [6, 6.07) is 21.8. The van der Waals surface area contributed by atoms with E-state index in [9.17, 15) is 4.79 Å². The summed E-state index contributed by atoms with van der Waals surface area (Å²) >= 11 is 1.58. The first-order chi connectivity index (χ1) is 15.2. The lowest BCUT2D eigenvalue weighted by Crippen LogP contribution is -2.33. The monoisotopic (exact) mass is 430 g/mol. The quantitative estimate of drug-likeness (QED) is 0.422. The number of thiophene rings is 1. The van der Waals surface area contributed by atoms with Gasteiger partial charge in [-0.15, -0.1) is 16.4 Å². The minimum Gasteiger partial charge on any atom is -0.497 e. The average Bonchev–Trinajstić information content (AvgIpc) is 3.33. The number of benzene rings is 2. The van der Waals surface area contributed by atoms with Crippen molar-refractivity contribution in [1.29, 1.82) is 0 Å². The number of ether oxygens (including phenoxy) is 1. The van der Waals surface area contributed by atoms with Gasteiger partial charge in [0.05, 0.1) is 17.7 Å². The van der Waals surface area contributed by atoms with E-state index in [0.717, 1.165) is 34.7 Å². The van der Waals surface area contributed by atoms with Crippen LogP contribution in [0.25, 0.3) is 16.4 Å². The summed E-state index contributed by atoms with van der Waals surface area (Å²) in [5.74, 6) is 1.58. The van der Waals surface area contributed by atoms with Gasteiger partial charge in [-0.3, -0.25) is 4.79 Å². The van der Waals surface area contributed by atoms with E-state index in [0.29, 0.717) is 12.4 Å². The molecule has 6 nitrogen and oxygen atoms in total. The Morgan fingerprint density at radius 2 is 1.87 bits per heavy atom. The third-order valence-electron chi connectivity index (χ3n) is 5.30. The maximum Gasteiger partial charge on any atom is 0.294 e. The fourth-order valence-electron chi connectivity index (χ4n) is 3.53. The van der Waals surface area contributed by atoms with Crippen molar-refractivity contribution in [3.05, 3.63) is 83.5 Å². The lowest BCUT2D eigenvalue weighted by molar-refractivity contribution is 0.0717. The first-order valence-electron chi connectivity index (χ1n) is 10.2. The highest BCUT2D eigenvalue weighted by Crippen LogP contribution is 2.31. The van der Waals surface area contributed by atoms with Crippen LogP contribution in [0.2, 0.25) is 0 Å². The van der Waals surface area contributed by atoms with Gasteiger partial charge in [0.25, 0.3) is 5.91 Å². The van der Waals surface area contributed by atoms with Crippen LogP contribution >= 0.6 is 11.3 Å². The molecule has 7 heteroatoms. The Labute approximate surface area is 184 Å². The molecule has 5 rings (SSSR count). The van der Waals surface area contributed by atoms with Crippen molar-refractivity contribution in [1.82, 2.24) is 19.7 Å². The van der Waals surface area contributed by atoms with E-state index in [2.05, 4.69) is 10.1 Å². The van der Waals surface area contributed by atoms with Crippen LogP contribution in [0, 0.1) is 0 Å². The number of amides is 1.